The van der Waals surface area contributed by atoms with Crippen LogP contribution in [-0.4, -0.2) is 4.73 Å². The van der Waals surface area contributed by atoms with Crippen molar-refractivity contribution in [3.63, 3.8) is 0 Å². The highest BCUT2D eigenvalue weighted by atomic mass is 32.2. The van der Waals surface area contributed by atoms with Gasteiger partial charge < -0.3 is 9.94 Å². The number of rotatable bonds is 2. The molecule has 1 heterocycles. The molecule has 7 heteroatoms. The first-order valence-electron chi connectivity index (χ1n) is 6.36. The summed E-state index contributed by atoms with van der Waals surface area (Å²) in [4.78, 5) is 13.2. The molecule has 0 unspecified atom stereocenters. The molecule has 3 rings (SSSR count). The average molecular weight is 320 g/mol. The summed E-state index contributed by atoms with van der Waals surface area (Å²) in [6.07, 6.45) is 0. The van der Waals surface area contributed by atoms with Gasteiger partial charge in [0.05, 0.1) is 16.2 Å². The lowest BCUT2D eigenvalue weighted by molar-refractivity contribution is -0.511. The van der Waals surface area contributed by atoms with Gasteiger partial charge in [-0.15, -0.1) is 0 Å². The van der Waals surface area contributed by atoms with Gasteiger partial charge in [0.25, 0.3) is 5.52 Å². The fourth-order valence-electron chi connectivity index (χ4n) is 2.09. The van der Waals surface area contributed by atoms with Gasteiger partial charge in [0, 0.05) is 15.9 Å². The number of hydrogen-bond donors (Lipinski definition) is 0. The van der Waals surface area contributed by atoms with Crippen molar-refractivity contribution in [3.8, 4) is 0 Å². The Morgan fingerprint density at radius 1 is 1.14 bits per heavy atom. The zero-order chi connectivity index (χ0) is 15.9. The number of nitrogens with zero attached hydrogens (tertiary/aromatic N) is 2. The van der Waals surface area contributed by atoms with E-state index in [9.17, 15) is 18.9 Å². The van der Waals surface area contributed by atoms with E-state index in [1.54, 1.807) is 24.3 Å². The Balaban J connectivity index is 2.28. The summed E-state index contributed by atoms with van der Waals surface area (Å²) < 4.78 is 27.6. The van der Waals surface area contributed by atoms with Crippen LogP contribution in [0, 0.1) is 28.7 Å². The number of halogens is 2. The highest BCUT2D eigenvalue weighted by Crippen LogP contribution is 2.29. The van der Waals surface area contributed by atoms with Gasteiger partial charge in [-0.25, -0.2) is 8.78 Å². The zero-order valence-electron chi connectivity index (χ0n) is 11.4. The predicted molar refractivity (Wildman–Crippen MR) is 79.3 cm³/mol. The first-order valence-corrected chi connectivity index (χ1v) is 7.18. The molecule has 0 saturated carbocycles. The van der Waals surface area contributed by atoms with Crippen LogP contribution in [0.25, 0.3) is 11.0 Å². The SMILES string of the molecule is Cc1c(Sc2ccccc2)[n+](=O)c2cc(F)c(F)cc2n1[O-]. The van der Waals surface area contributed by atoms with E-state index in [2.05, 4.69) is 0 Å². The van der Waals surface area contributed by atoms with Crippen molar-refractivity contribution < 1.29 is 13.2 Å². The number of benzene rings is 2. The molecule has 0 atom stereocenters. The third-order valence-electron chi connectivity index (χ3n) is 3.21. The Morgan fingerprint density at radius 2 is 1.77 bits per heavy atom. The number of hydrogen-bond acceptors (Lipinski definition) is 3. The van der Waals surface area contributed by atoms with Gasteiger partial charge in [-0.3, -0.25) is 0 Å². The third-order valence-corrected chi connectivity index (χ3v) is 4.37. The molecular formula is C15H10F2N2O2S. The third kappa shape index (κ3) is 2.33. The Bertz CT molecular complexity index is 926. The molecule has 3 aromatic rings. The fourth-order valence-corrected chi connectivity index (χ4v) is 3.02. The lowest BCUT2D eigenvalue weighted by Gasteiger charge is -2.16. The minimum Gasteiger partial charge on any atom is -0.805 e. The topological polar surface area (TPSA) is 51.0 Å². The molecule has 0 amide bonds. The van der Waals surface area contributed by atoms with Gasteiger partial charge in [-0.05, 0) is 30.8 Å². The van der Waals surface area contributed by atoms with E-state index in [-0.39, 0.29) is 21.8 Å². The molecule has 0 N–H and O–H groups in total. The highest BCUT2D eigenvalue weighted by Gasteiger charge is 2.23. The van der Waals surface area contributed by atoms with E-state index in [1.165, 1.54) is 6.92 Å². The van der Waals surface area contributed by atoms with Gasteiger partial charge >= 0.3 is 5.03 Å². The summed E-state index contributed by atoms with van der Waals surface area (Å²) >= 11 is 1.09. The summed E-state index contributed by atoms with van der Waals surface area (Å²) in [6, 6.07) is 10.5. The lowest BCUT2D eigenvalue weighted by Crippen LogP contribution is -2.24. The number of fused-ring (bicyclic) bond motifs is 1. The van der Waals surface area contributed by atoms with Gasteiger partial charge in [0.1, 0.15) is 5.52 Å². The van der Waals surface area contributed by atoms with Crippen LogP contribution < -0.4 is 4.43 Å². The second kappa shape index (κ2) is 5.42. The molecule has 4 nitrogen and oxygen atoms in total. The molecular weight excluding hydrogens is 310 g/mol. The smallest absolute Gasteiger partial charge is 0.320 e. The Morgan fingerprint density at radius 3 is 2.45 bits per heavy atom. The van der Waals surface area contributed by atoms with Crippen LogP contribution in [0.4, 0.5) is 8.78 Å². The summed E-state index contributed by atoms with van der Waals surface area (Å²) in [5.74, 6) is -2.34. The Labute approximate surface area is 128 Å². The van der Waals surface area contributed by atoms with Crippen molar-refractivity contribution in [1.29, 1.82) is 0 Å². The quantitative estimate of drug-likeness (QED) is 0.677. The second-order valence-corrected chi connectivity index (χ2v) is 5.71. The molecule has 0 radical (unpaired) electrons. The van der Waals surface area contributed by atoms with Gasteiger partial charge in [0.15, 0.2) is 11.6 Å². The van der Waals surface area contributed by atoms with E-state index in [0.717, 1.165) is 28.8 Å². The molecule has 22 heavy (non-hydrogen) atoms. The molecule has 112 valence electrons. The van der Waals surface area contributed by atoms with Gasteiger partial charge in [-0.1, -0.05) is 18.2 Å². The van der Waals surface area contributed by atoms with Crippen molar-refractivity contribution in [1.82, 2.24) is 4.73 Å². The van der Waals surface area contributed by atoms with Crippen molar-refractivity contribution in [2.75, 3.05) is 0 Å². The summed E-state index contributed by atoms with van der Waals surface area (Å²) in [7, 11) is 0. The highest BCUT2D eigenvalue weighted by molar-refractivity contribution is 7.99. The van der Waals surface area contributed by atoms with Crippen LogP contribution >= 0.6 is 11.8 Å². The summed E-state index contributed by atoms with van der Waals surface area (Å²) in [6.45, 7) is 1.47. The van der Waals surface area contributed by atoms with Crippen molar-refractivity contribution in [2.24, 2.45) is 0 Å². The second-order valence-electron chi connectivity index (χ2n) is 4.65. The normalized spacial score (nSPS) is 11.0. The monoisotopic (exact) mass is 320 g/mol. The van der Waals surface area contributed by atoms with Crippen LogP contribution in [0.15, 0.2) is 52.4 Å². The van der Waals surface area contributed by atoms with Gasteiger partial charge in [-0.2, -0.15) is 0 Å². The first-order chi connectivity index (χ1) is 10.5. The summed E-state index contributed by atoms with van der Waals surface area (Å²) in [5.41, 5.74) is -0.288. The molecule has 0 aliphatic carbocycles. The summed E-state index contributed by atoms with van der Waals surface area (Å²) in [5, 5.41) is 12.3. The van der Waals surface area contributed by atoms with Gasteiger partial charge in [0.2, 0.25) is 0 Å². The zero-order valence-corrected chi connectivity index (χ0v) is 12.2. The minimum absolute atomic E-state index is 0.125. The van der Waals surface area contributed by atoms with E-state index in [0.29, 0.717) is 9.16 Å². The molecule has 0 spiro atoms. The average Bonchev–Trinajstić information content (AvgIpc) is 2.52. The standard InChI is InChI=1S/C15H10F2N2O2S/c1-9-15(22-10-5-3-2-4-6-10)19(21)14-8-12(17)11(16)7-13(14)18(9)20/h2-8H,1H3. The first kappa shape index (κ1) is 14.5. The maximum absolute atomic E-state index is 13.4. The molecule has 0 aliphatic rings. The van der Waals surface area contributed by atoms with Crippen molar-refractivity contribution in [3.05, 3.63) is 69.9 Å². The predicted octanol–water partition coefficient (Wildman–Crippen LogP) is 3.64. The van der Waals surface area contributed by atoms with Crippen LogP contribution in [0.2, 0.25) is 0 Å². The largest absolute Gasteiger partial charge is 0.805 e. The maximum Gasteiger partial charge on any atom is 0.320 e. The molecule has 0 aliphatic heterocycles. The molecule has 1 aromatic heterocycles. The van der Waals surface area contributed by atoms with E-state index < -0.39 is 11.6 Å². The van der Waals surface area contributed by atoms with Crippen LogP contribution in [0.3, 0.4) is 0 Å². The van der Waals surface area contributed by atoms with E-state index in [1.807, 2.05) is 6.07 Å². The molecule has 0 bridgehead atoms. The number of aromatic nitrogens is 2. The molecule has 0 saturated heterocycles. The van der Waals surface area contributed by atoms with Crippen molar-refractivity contribution >= 4 is 22.8 Å². The Hall–Kier alpha value is -2.41. The van der Waals surface area contributed by atoms with E-state index in [4.69, 9.17) is 0 Å². The lowest BCUT2D eigenvalue weighted by atomic mass is 10.2. The van der Waals surface area contributed by atoms with Crippen LogP contribution in [0.1, 0.15) is 5.69 Å². The van der Waals surface area contributed by atoms with Crippen LogP contribution in [-0.2, 0) is 0 Å². The fraction of sp³-hybridized carbons (Fsp3) is 0.0667. The Kier molecular flexibility index (Phi) is 3.58. The molecule has 0 fully saturated rings. The minimum atomic E-state index is -1.17. The maximum atomic E-state index is 13.4. The van der Waals surface area contributed by atoms with E-state index >= 15 is 0 Å². The van der Waals surface area contributed by atoms with Crippen molar-refractivity contribution in [2.45, 2.75) is 16.8 Å². The molecule has 2 aromatic carbocycles. The van der Waals surface area contributed by atoms with Crippen LogP contribution in [0.5, 0.6) is 0 Å².